The molecule has 6 nitrogen and oxygen atoms in total. The number of anilines is 1. The van der Waals surface area contributed by atoms with E-state index in [-0.39, 0.29) is 18.2 Å². The Morgan fingerprint density at radius 1 is 1.16 bits per heavy atom. The van der Waals surface area contributed by atoms with E-state index in [1.165, 1.54) is 4.31 Å². The third-order valence-corrected chi connectivity index (χ3v) is 5.62. The number of carbonyl (C=O) groups excluding carboxylic acids is 1. The van der Waals surface area contributed by atoms with E-state index in [0.717, 1.165) is 0 Å². The first-order chi connectivity index (χ1) is 12.0. The zero-order valence-corrected chi connectivity index (χ0v) is 14.7. The van der Waals surface area contributed by atoms with Gasteiger partial charge in [0.1, 0.15) is 5.75 Å². The number of likely N-dealkylation sites (N-methyl/N-ethyl adjacent to an activating group) is 1. The van der Waals surface area contributed by atoms with Gasteiger partial charge in [-0.1, -0.05) is 42.5 Å². The Morgan fingerprint density at radius 3 is 2.56 bits per heavy atom. The summed E-state index contributed by atoms with van der Waals surface area (Å²) in [5.41, 5.74) is 1.15. The quantitative estimate of drug-likeness (QED) is 0.884. The van der Waals surface area contributed by atoms with E-state index >= 15 is 0 Å². The molecule has 25 heavy (non-hydrogen) atoms. The molecule has 0 radical (unpaired) electrons. The van der Waals surface area contributed by atoms with Crippen LogP contribution in [0.15, 0.2) is 54.6 Å². The van der Waals surface area contributed by atoms with E-state index in [4.69, 9.17) is 4.74 Å². The van der Waals surface area contributed by atoms with E-state index < -0.39 is 16.1 Å². The number of carbonyl (C=O) groups is 1. The highest BCUT2D eigenvalue weighted by molar-refractivity contribution is 7.92. The average molecular weight is 360 g/mol. The van der Waals surface area contributed by atoms with Crippen LogP contribution < -0.4 is 14.4 Å². The lowest BCUT2D eigenvalue weighted by Crippen LogP contribution is -2.50. The molecule has 0 saturated heterocycles. The number of benzene rings is 2. The van der Waals surface area contributed by atoms with E-state index in [1.807, 2.05) is 6.07 Å². The van der Waals surface area contributed by atoms with Crippen LogP contribution in [0, 0.1) is 0 Å². The number of ether oxygens (including phenoxy) is 1. The van der Waals surface area contributed by atoms with Gasteiger partial charge in [0.25, 0.3) is 5.91 Å². The first-order valence-electron chi connectivity index (χ1n) is 8.09. The number of hydrogen-bond acceptors (Lipinski definition) is 4. The second-order valence-electron chi connectivity index (χ2n) is 5.74. The molecule has 2 aromatic carbocycles. The molecule has 0 aromatic heterocycles. The summed E-state index contributed by atoms with van der Waals surface area (Å²) in [6, 6.07) is 15.8. The summed E-state index contributed by atoms with van der Waals surface area (Å²) in [5, 5.41) is 2.68. The largest absolute Gasteiger partial charge is 0.476 e. The molecule has 3 rings (SSSR count). The van der Waals surface area contributed by atoms with Crippen molar-refractivity contribution in [3.8, 4) is 5.75 Å². The standard InChI is InChI=1S/C18H20N2O4S/c1-2-19-18(21)17-12-20(15-10-6-7-11-16(15)24-17)25(22,23)13-14-8-4-3-5-9-14/h3-11,17H,2,12-13H2,1H3,(H,19,21). The van der Waals surface area contributed by atoms with Crippen LogP contribution in [0.2, 0.25) is 0 Å². The van der Waals surface area contributed by atoms with Gasteiger partial charge >= 0.3 is 0 Å². The van der Waals surface area contributed by atoms with Crippen molar-refractivity contribution < 1.29 is 17.9 Å². The Hall–Kier alpha value is -2.54. The number of hydrogen-bond donors (Lipinski definition) is 1. The minimum absolute atomic E-state index is 0.0436. The van der Waals surface area contributed by atoms with Crippen LogP contribution in [0.3, 0.4) is 0 Å². The Bertz CT molecular complexity index is 852. The summed E-state index contributed by atoms with van der Waals surface area (Å²) in [5.74, 6) is -0.0665. The lowest BCUT2D eigenvalue weighted by molar-refractivity contribution is -0.127. The number of sulfonamides is 1. The number of rotatable bonds is 5. The van der Waals surface area contributed by atoms with Crippen molar-refractivity contribution in [2.45, 2.75) is 18.8 Å². The predicted octanol–water partition coefficient (Wildman–Crippen LogP) is 1.92. The highest BCUT2D eigenvalue weighted by atomic mass is 32.2. The van der Waals surface area contributed by atoms with Gasteiger partial charge in [-0.25, -0.2) is 8.42 Å². The minimum Gasteiger partial charge on any atom is -0.476 e. The van der Waals surface area contributed by atoms with Gasteiger partial charge in [-0.2, -0.15) is 0 Å². The maximum Gasteiger partial charge on any atom is 0.262 e. The van der Waals surface area contributed by atoms with Gasteiger partial charge < -0.3 is 10.1 Å². The molecule has 7 heteroatoms. The van der Waals surface area contributed by atoms with Crippen LogP contribution >= 0.6 is 0 Å². The topological polar surface area (TPSA) is 75.7 Å². The van der Waals surface area contributed by atoms with Crippen LogP contribution in [0.4, 0.5) is 5.69 Å². The van der Waals surface area contributed by atoms with Gasteiger partial charge in [0, 0.05) is 6.54 Å². The van der Waals surface area contributed by atoms with Crippen molar-refractivity contribution in [1.82, 2.24) is 5.32 Å². The van der Waals surface area contributed by atoms with Crippen LogP contribution in [-0.4, -0.2) is 33.5 Å². The third kappa shape index (κ3) is 3.76. The molecule has 0 fully saturated rings. The SMILES string of the molecule is CCNC(=O)C1CN(S(=O)(=O)Cc2ccccc2)c2ccccc2O1. The second kappa shape index (κ2) is 7.14. The molecule has 1 aliphatic heterocycles. The number of nitrogens with one attached hydrogen (secondary N) is 1. The van der Waals surface area contributed by atoms with E-state index in [2.05, 4.69) is 5.32 Å². The maximum absolute atomic E-state index is 13.0. The van der Waals surface area contributed by atoms with Gasteiger partial charge in [-0.15, -0.1) is 0 Å². The van der Waals surface area contributed by atoms with Crippen LogP contribution in [0.25, 0.3) is 0 Å². The number of nitrogens with zero attached hydrogens (tertiary/aromatic N) is 1. The monoisotopic (exact) mass is 360 g/mol. The van der Waals surface area contributed by atoms with Crippen molar-refractivity contribution in [3.63, 3.8) is 0 Å². The summed E-state index contributed by atoms with van der Waals surface area (Å²) in [6.07, 6.45) is -0.875. The molecule has 1 amide bonds. The van der Waals surface area contributed by atoms with Crippen molar-refractivity contribution in [1.29, 1.82) is 0 Å². The zero-order valence-electron chi connectivity index (χ0n) is 13.9. The summed E-state index contributed by atoms with van der Waals surface area (Å²) in [7, 11) is -3.66. The van der Waals surface area contributed by atoms with Crippen molar-refractivity contribution in [2.24, 2.45) is 0 Å². The maximum atomic E-state index is 13.0. The first-order valence-corrected chi connectivity index (χ1v) is 9.70. The van der Waals surface area contributed by atoms with Gasteiger partial charge in [0.05, 0.1) is 18.0 Å². The zero-order chi connectivity index (χ0) is 17.9. The molecule has 1 heterocycles. The smallest absolute Gasteiger partial charge is 0.262 e. The number of fused-ring (bicyclic) bond motifs is 1. The van der Waals surface area contributed by atoms with Gasteiger partial charge in [-0.05, 0) is 24.6 Å². The molecule has 0 saturated carbocycles. The summed E-state index contributed by atoms with van der Waals surface area (Å²) in [6.45, 7) is 2.22. The Labute approximate surface area is 147 Å². The summed E-state index contributed by atoms with van der Waals surface area (Å²) in [4.78, 5) is 12.2. The molecule has 1 atom stereocenters. The first kappa shape index (κ1) is 17.3. The van der Waals surface area contributed by atoms with Crippen LogP contribution in [-0.2, 0) is 20.6 Å². The fourth-order valence-corrected chi connectivity index (χ4v) is 4.34. The Morgan fingerprint density at radius 2 is 1.84 bits per heavy atom. The second-order valence-corrected chi connectivity index (χ2v) is 7.64. The van der Waals surface area contributed by atoms with E-state index in [9.17, 15) is 13.2 Å². The molecule has 1 N–H and O–H groups in total. The third-order valence-electron chi connectivity index (χ3n) is 3.91. The molecular formula is C18H20N2O4S. The fourth-order valence-electron chi connectivity index (χ4n) is 2.75. The lowest BCUT2D eigenvalue weighted by atomic mass is 10.2. The molecule has 2 aromatic rings. The van der Waals surface area contributed by atoms with Gasteiger partial charge in [0.15, 0.2) is 6.10 Å². The number of para-hydroxylation sites is 2. The van der Waals surface area contributed by atoms with Crippen molar-refractivity contribution in [2.75, 3.05) is 17.4 Å². The fraction of sp³-hybridized carbons (Fsp3) is 0.278. The molecule has 1 unspecified atom stereocenters. The molecule has 0 spiro atoms. The van der Waals surface area contributed by atoms with Crippen molar-refractivity contribution >= 4 is 21.6 Å². The summed E-state index contributed by atoms with van der Waals surface area (Å²) >= 11 is 0. The minimum atomic E-state index is -3.66. The molecule has 1 aliphatic rings. The van der Waals surface area contributed by atoms with E-state index in [1.54, 1.807) is 55.5 Å². The predicted molar refractivity (Wildman–Crippen MR) is 96.0 cm³/mol. The molecule has 132 valence electrons. The molecular weight excluding hydrogens is 340 g/mol. The molecule has 0 bridgehead atoms. The highest BCUT2D eigenvalue weighted by Crippen LogP contribution is 2.35. The normalized spacial score (nSPS) is 16.7. The molecule has 0 aliphatic carbocycles. The van der Waals surface area contributed by atoms with E-state index in [0.29, 0.717) is 23.5 Å². The lowest BCUT2D eigenvalue weighted by Gasteiger charge is -2.34. The van der Waals surface area contributed by atoms with Crippen LogP contribution in [0.5, 0.6) is 5.75 Å². The average Bonchev–Trinajstić information content (AvgIpc) is 2.61. The Balaban J connectivity index is 1.94. The van der Waals surface area contributed by atoms with Crippen LogP contribution in [0.1, 0.15) is 12.5 Å². The highest BCUT2D eigenvalue weighted by Gasteiger charge is 2.36. The Kier molecular flexibility index (Phi) is 4.94. The summed E-state index contributed by atoms with van der Waals surface area (Å²) < 4.78 is 32.9. The van der Waals surface area contributed by atoms with Gasteiger partial charge in [0.2, 0.25) is 10.0 Å². The van der Waals surface area contributed by atoms with Gasteiger partial charge in [-0.3, -0.25) is 9.10 Å². The number of amides is 1. The van der Waals surface area contributed by atoms with Crippen molar-refractivity contribution in [3.05, 3.63) is 60.2 Å².